The Kier molecular flexibility index (Phi) is 5.03. The smallest absolute Gasteiger partial charge is 0.232 e. The first-order valence-electron chi connectivity index (χ1n) is 8.69. The van der Waals surface area contributed by atoms with E-state index in [9.17, 15) is 12.8 Å². The van der Waals surface area contributed by atoms with Crippen molar-refractivity contribution in [3.8, 4) is 5.88 Å². The van der Waals surface area contributed by atoms with E-state index in [0.29, 0.717) is 13.2 Å². The number of halogens is 1. The van der Waals surface area contributed by atoms with Crippen LogP contribution < -0.4 is 15.4 Å². The van der Waals surface area contributed by atoms with Crippen molar-refractivity contribution in [1.29, 1.82) is 5.41 Å². The van der Waals surface area contributed by atoms with Gasteiger partial charge in [-0.3, -0.25) is 5.32 Å². The van der Waals surface area contributed by atoms with Gasteiger partial charge in [-0.1, -0.05) is 0 Å². The van der Waals surface area contributed by atoms with Gasteiger partial charge in [-0.2, -0.15) is 0 Å². The van der Waals surface area contributed by atoms with E-state index in [-0.39, 0.29) is 39.9 Å². The van der Waals surface area contributed by atoms with E-state index in [1.807, 2.05) is 0 Å². The number of nitrogens with one attached hydrogen (secondary N) is 3. The van der Waals surface area contributed by atoms with Crippen molar-refractivity contribution in [1.82, 2.24) is 15.3 Å². The number of anilines is 2. The van der Waals surface area contributed by atoms with Gasteiger partial charge in [0.15, 0.2) is 9.84 Å². The zero-order chi connectivity index (χ0) is 20.6. The van der Waals surface area contributed by atoms with Crippen LogP contribution in [0.15, 0.2) is 41.3 Å². The molecule has 0 aliphatic carbocycles. The zero-order valence-corrected chi connectivity index (χ0v) is 16.2. The minimum Gasteiger partial charge on any atom is -0.446 e. The summed E-state index contributed by atoms with van der Waals surface area (Å²) in [6.07, 6.45) is 4.83. The highest BCUT2D eigenvalue weighted by Crippen LogP contribution is 2.29. The molecule has 29 heavy (non-hydrogen) atoms. The Morgan fingerprint density at radius 3 is 2.72 bits per heavy atom. The first-order chi connectivity index (χ1) is 13.9. The average molecular weight is 419 g/mol. The van der Waals surface area contributed by atoms with Crippen LogP contribution in [0.2, 0.25) is 0 Å². The summed E-state index contributed by atoms with van der Waals surface area (Å²) in [5, 5.41) is 13.8. The summed E-state index contributed by atoms with van der Waals surface area (Å²) in [6.45, 7) is 1.14. The molecular formula is C18H18FN5O4S. The summed E-state index contributed by atoms with van der Waals surface area (Å²) in [4.78, 5) is 7.97. The summed E-state index contributed by atoms with van der Waals surface area (Å²) in [5.74, 6) is -0.464. The third kappa shape index (κ3) is 3.84. The Bertz CT molecular complexity index is 1090. The molecule has 9 nitrogen and oxygen atoms in total. The molecule has 2 saturated heterocycles. The predicted molar refractivity (Wildman–Crippen MR) is 103 cm³/mol. The van der Waals surface area contributed by atoms with E-state index in [4.69, 9.17) is 14.9 Å². The van der Waals surface area contributed by atoms with Crippen LogP contribution in [0.4, 0.5) is 15.9 Å². The SMILES string of the molecule is CS(=O)(=O)c1ccc(Nc2ncnc(OC=C3C4COCC3N4)c2C=N)c(F)c1. The molecule has 2 bridgehead atoms. The van der Waals surface area contributed by atoms with E-state index < -0.39 is 15.7 Å². The van der Waals surface area contributed by atoms with Crippen molar-refractivity contribution in [2.75, 3.05) is 24.8 Å². The van der Waals surface area contributed by atoms with Crippen LogP contribution in [0, 0.1) is 11.2 Å². The topological polar surface area (TPSA) is 126 Å². The van der Waals surface area contributed by atoms with Gasteiger partial charge in [-0.05, 0) is 18.2 Å². The monoisotopic (exact) mass is 419 g/mol. The Labute approximate surface area is 166 Å². The summed E-state index contributed by atoms with van der Waals surface area (Å²) in [7, 11) is -3.52. The molecule has 2 fully saturated rings. The van der Waals surface area contributed by atoms with Gasteiger partial charge >= 0.3 is 0 Å². The van der Waals surface area contributed by atoms with Crippen molar-refractivity contribution in [3.63, 3.8) is 0 Å². The van der Waals surface area contributed by atoms with Crippen LogP contribution in [-0.4, -0.2) is 56.2 Å². The molecule has 4 rings (SSSR count). The van der Waals surface area contributed by atoms with Crippen LogP contribution in [0.3, 0.4) is 0 Å². The molecule has 2 aliphatic rings. The number of aromatic nitrogens is 2. The second kappa shape index (κ2) is 7.50. The summed E-state index contributed by atoms with van der Waals surface area (Å²) in [6, 6.07) is 3.73. The Hall–Kier alpha value is -2.89. The van der Waals surface area contributed by atoms with Crippen LogP contribution in [0.25, 0.3) is 0 Å². The maximum atomic E-state index is 14.4. The molecule has 0 radical (unpaired) electrons. The number of morpholine rings is 1. The fourth-order valence-electron chi connectivity index (χ4n) is 3.12. The summed E-state index contributed by atoms with van der Waals surface area (Å²) < 4.78 is 48.5. The fraction of sp³-hybridized carbons (Fsp3) is 0.278. The number of sulfone groups is 1. The highest BCUT2D eigenvalue weighted by molar-refractivity contribution is 7.90. The summed E-state index contributed by atoms with van der Waals surface area (Å²) in [5.41, 5.74) is 1.30. The number of rotatable bonds is 6. The Balaban J connectivity index is 1.58. The largest absolute Gasteiger partial charge is 0.446 e. The highest BCUT2D eigenvalue weighted by Gasteiger charge is 2.39. The van der Waals surface area contributed by atoms with Gasteiger partial charge in [0.2, 0.25) is 5.88 Å². The zero-order valence-electron chi connectivity index (χ0n) is 15.3. The van der Waals surface area contributed by atoms with E-state index in [0.717, 1.165) is 24.1 Å². The van der Waals surface area contributed by atoms with E-state index >= 15 is 0 Å². The molecule has 0 amide bonds. The molecule has 1 aromatic carbocycles. The molecule has 2 aromatic rings. The van der Waals surface area contributed by atoms with Gasteiger partial charge in [0, 0.05) is 18.0 Å². The third-order valence-corrected chi connectivity index (χ3v) is 5.81. The van der Waals surface area contributed by atoms with Crippen molar-refractivity contribution in [3.05, 3.63) is 47.7 Å². The molecule has 2 aliphatic heterocycles. The Morgan fingerprint density at radius 1 is 1.34 bits per heavy atom. The maximum Gasteiger partial charge on any atom is 0.232 e. The number of hydrogen-bond donors (Lipinski definition) is 3. The van der Waals surface area contributed by atoms with Crippen molar-refractivity contribution in [2.24, 2.45) is 0 Å². The standard InChI is InChI=1S/C18H18FN5O4S/c1-29(25,26)10-2-3-14(13(19)4-10)24-17-11(5-20)18(22-9-21-17)28-6-12-15-7-27-8-16(12)23-15/h2-6,9,15-16,20,23H,7-8H2,1H3,(H,21,22,24). The maximum absolute atomic E-state index is 14.4. The molecule has 0 spiro atoms. The second-order valence-corrected chi connectivity index (χ2v) is 8.68. The number of benzene rings is 1. The summed E-state index contributed by atoms with van der Waals surface area (Å²) >= 11 is 0. The van der Waals surface area contributed by atoms with Crippen molar-refractivity contribution < 1.29 is 22.3 Å². The average Bonchev–Trinajstić information content (AvgIpc) is 2.69. The lowest BCUT2D eigenvalue weighted by Gasteiger charge is -2.44. The quantitative estimate of drug-likeness (QED) is 0.474. The van der Waals surface area contributed by atoms with Gasteiger partial charge in [0.1, 0.15) is 18.0 Å². The molecule has 3 heterocycles. The molecule has 0 saturated carbocycles. The minimum atomic E-state index is -3.52. The lowest BCUT2D eigenvalue weighted by molar-refractivity contribution is 0.0214. The van der Waals surface area contributed by atoms with E-state index in [2.05, 4.69) is 20.6 Å². The number of hydrogen-bond acceptors (Lipinski definition) is 9. The Morgan fingerprint density at radius 2 is 2.10 bits per heavy atom. The van der Waals surface area contributed by atoms with E-state index in [1.165, 1.54) is 18.5 Å². The first-order valence-corrected chi connectivity index (χ1v) is 10.6. The van der Waals surface area contributed by atoms with Crippen molar-refractivity contribution >= 4 is 27.6 Å². The normalized spacial score (nSPS) is 20.6. The second-order valence-electron chi connectivity index (χ2n) is 6.67. The molecule has 11 heteroatoms. The molecule has 1 aromatic heterocycles. The van der Waals surface area contributed by atoms with Gasteiger partial charge in [-0.15, -0.1) is 0 Å². The predicted octanol–water partition coefficient (Wildman–Crippen LogP) is 1.39. The molecule has 3 N–H and O–H groups in total. The number of ether oxygens (including phenoxy) is 2. The van der Waals surface area contributed by atoms with Gasteiger partial charge < -0.3 is 20.2 Å². The number of fused-ring (bicyclic) bond motifs is 2. The lowest BCUT2D eigenvalue weighted by atomic mass is 9.89. The number of nitrogens with zero attached hydrogens (tertiary/aromatic N) is 2. The molecule has 152 valence electrons. The molecule has 2 unspecified atom stereocenters. The lowest BCUT2D eigenvalue weighted by Crippen LogP contribution is -2.63. The van der Waals surface area contributed by atoms with Crippen LogP contribution in [-0.2, 0) is 14.6 Å². The van der Waals surface area contributed by atoms with Gasteiger partial charge in [-0.25, -0.2) is 22.8 Å². The third-order valence-electron chi connectivity index (χ3n) is 4.70. The highest BCUT2D eigenvalue weighted by atomic mass is 32.2. The first kappa shape index (κ1) is 19.4. The van der Waals surface area contributed by atoms with Gasteiger partial charge in [0.05, 0.1) is 47.7 Å². The van der Waals surface area contributed by atoms with Gasteiger partial charge in [0.25, 0.3) is 0 Å². The van der Waals surface area contributed by atoms with Crippen molar-refractivity contribution in [2.45, 2.75) is 17.0 Å². The van der Waals surface area contributed by atoms with Crippen LogP contribution in [0.1, 0.15) is 5.56 Å². The van der Waals surface area contributed by atoms with E-state index in [1.54, 1.807) is 6.26 Å². The fourth-order valence-corrected chi connectivity index (χ4v) is 3.75. The minimum absolute atomic E-state index is 0.0124. The molecular weight excluding hydrogens is 401 g/mol. The molecule has 2 atom stereocenters. The van der Waals surface area contributed by atoms with Crippen LogP contribution in [0.5, 0.6) is 5.88 Å². The van der Waals surface area contributed by atoms with Crippen LogP contribution >= 0.6 is 0 Å².